The molecule has 0 fully saturated rings. The lowest BCUT2D eigenvalue weighted by molar-refractivity contribution is 0.0591. The van der Waals surface area contributed by atoms with Crippen LogP contribution in [-0.4, -0.2) is 59.3 Å². The number of esters is 2. The molecule has 2 heterocycles. The average molecular weight is 1160 g/mol. The minimum atomic E-state index is -0.400. The number of allylic oxidation sites excluding steroid dienone is 4. The Morgan fingerprint density at radius 3 is 1.53 bits per heavy atom. The zero-order valence-electron chi connectivity index (χ0n) is 46.9. The fraction of sp³-hybridized carbons (Fsp3) is 0.139. The smallest absolute Gasteiger partial charge is 0.339 e. The van der Waals surface area contributed by atoms with Crippen LogP contribution in [0.25, 0.3) is 32.8 Å². The van der Waals surface area contributed by atoms with Gasteiger partial charge < -0.3 is 15.2 Å². The van der Waals surface area contributed by atoms with Gasteiger partial charge in [-0.3, -0.25) is 19.2 Å². The Morgan fingerprint density at radius 2 is 0.965 bits per heavy atom. The molecule has 2 aromatic heterocycles. The predicted octanol–water partition coefficient (Wildman–Crippen LogP) is 15.3. The Kier molecular flexibility index (Phi) is 18.1. The van der Waals surface area contributed by atoms with E-state index < -0.39 is 5.97 Å². The Morgan fingerprint density at radius 1 is 0.518 bits per heavy atom. The van der Waals surface area contributed by atoms with E-state index in [1.807, 2.05) is 158 Å². The molecule has 2 N–H and O–H groups in total. The summed E-state index contributed by atoms with van der Waals surface area (Å²) < 4.78 is 9.32. The molecular formula is C72H57Cl2N3O8. The number of Topliss-reactive ketones (excluding diaryl/α,β-unsaturated/α-hetero) is 3. The molecule has 13 heteroatoms. The number of anilines is 1. The van der Waals surface area contributed by atoms with Crippen molar-refractivity contribution in [3.63, 3.8) is 0 Å². The first kappa shape index (κ1) is 58.5. The lowest BCUT2D eigenvalue weighted by Crippen LogP contribution is -2.27. The monoisotopic (exact) mass is 1160 g/mol. The van der Waals surface area contributed by atoms with E-state index in [0.717, 1.165) is 85.6 Å². The number of para-hydroxylation sites is 3. The van der Waals surface area contributed by atoms with Gasteiger partial charge in [-0.05, 0) is 108 Å². The molecule has 4 aliphatic rings. The number of pyridine rings is 2. The van der Waals surface area contributed by atoms with Crippen molar-refractivity contribution in [2.45, 2.75) is 45.4 Å². The molecule has 0 saturated heterocycles. The molecule has 4 aliphatic carbocycles. The topological polar surface area (TPSA) is 173 Å². The van der Waals surface area contributed by atoms with Crippen LogP contribution in [0.3, 0.4) is 0 Å². The van der Waals surface area contributed by atoms with Crippen LogP contribution < -0.4 is 5.73 Å². The van der Waals surface area contributed by atoms with Gasteiger partial charge in [-0.1, -0.05) is 199 Å². The quantitative estimate of drug-likeness (QED) is 0.0769. The highest BCUT2D eigenvalue weighted by molar-refractivity contribution is 6.47. The summed E-state index contributed by atoms with van der Waals surface area (Å²) in [7, 11) is 2.70. The highest BCUT2D eigenvalue weighted by Gasteiger charge is 2.35. The molecule has 0 saturated carbocycles. The maximum absolute atomic E-state index is 12.6. The maximum atomic E-state index is 12.6. The van der Waals surface area contributed by atoms with Crippen molar-refractivity contribution in [2.75, 3.05) is 20.0 Å². The van der Waals surface area contributed by atoms with Crippen molar-refractivity contribution in [1.29, 1.82) is 0 Å². The second kappa shape index (κ2) is 26.3. The number of ketones is 4. The number of halogens is 2. The summed E-state index contributed by atoms with van der Waals surface area (Å²) in [4.78, 5) is 80.8. The normalized spacial score (nSPS) is 14.4. The largest absolute Gasteiger partial charge is 0.465 e. The number of hydrogen-bond donors (Lipinski definition) is 1. The first-order chi connectivity index (χ1) is 41.2. The third-order valence-corrected chi connectivity index (χ3v) is 16.0. The summed E-state index contributed by atoms with van der Waals surface area (Å²) in [6.45, 7) is 2.13. The standard InChI is InChI=1S/C19H16O3.C18H12O2.C16H8Cl2N2.C11H12O.C8H9NO2/c1-22-19(21)17-9-5-3-7-15(17)11-13-10-14-6-2-4-8-16(14)18(20)12-13;19-17-14-7-3-1-5-11(14)9-13-10-12-6-2-4-8-15(12)18(20)16(13)17;17-14-9-5-1-3-7-11(9)19-16-13(14)15(18)10-6-2-4-8-12(10)20-16;1-8-6-9-4-2-3-5-10(9)11(12)7-8;1-11-8(10)6-4-2-3-5-7(6)9/h2-9,12H,10-11H2,1H3;1-8H,9-10H2;1-8H;2-5,8H,6-7H2,1H3;2-5H,9H2,1H3. The van der Waals surface area contributed by atoms with Crippen molar-refractivity contribution in [1.82, 2.24) is 9.97 Å². The van der Waals surface area contributed by atoms with Gasteiger partial charge in [0.15, 0.2) is 28.8 Å². The number of aromatic nitrogens is 2. The molecule has 0 bridgehead atoms. The van der Waals surface area contributed by atoms with E-state index in [2.05, 4.69) is 27.7 Å². The summed E-state index contributed by atoms with van der Waals surface area (Å²) >= 11 is 13.0. The van der Waals surface area contributed by atoms with Gasteiger partial charge in [0.25, 0.3) is 0 Å². The molecule has 422 valence electrons. The van der Waals surface area contributed by atoms with Crippen LogP contribution in [-0.2, 0) is 41.6 Å². The van der Waals surface area contributed by atoms with Gasteiger partial charge in [0.1, 0.15) is 0 Å². The third kappa shape index (κ3) is 12.8. The summed E-state index contributed by atoms with van der Waals surface area (Å²) in [6.07, 6.45) is 6.19. The predicted molar refractivity (Wildman–Crippen MR) is 335 cm³/mol. The van der Waals surface area contributed by atoms with E-state index in [1.54, 1.807) is 36.4 Å². The summed E-state index contributed by atoms with van der Waals surface area (Å²) in [5.41, 5.74) is 19.8. The zero-order chi connectivity index (χ0) is 59.7. The number of nitrogens with two attached hydrogens (primary N) is 1. The van der Waals surface area contributed by atoms with E-state index in [4.69, 9.17) is 33.7 Å². The summed E-state index contributed by atoms with van der Waals surface area (Å²) in [6, 6.07) is 60.3. The van der Waals surface area contributed by atoms with E-state index in [0.29, 0.717) is 85.6 Å². The molecule has 1 unspecified atom stereocenters. The molecule has 8 aromatic carbocycles. The molecule has 14 rings (SSSR count). The second-order valence-electron chi connectivity index (χ2n) is 20.9. The number of hydrogen-bond acceptors (Lipinski definition) is 11. The number of fused-ring (bicyclic) bond motifs is 7. The van der Waals surface area contributed by atoms with E-state index >= 15 is 0 Å². The SMILES string of the molecule is CC1CC(=O)c2ccccc2C1.COC(=O)c1ccccc1CC1=CC(=O)c2ccccc2C1.COC(=O)c1ccccc1N.Clc1c2ccccc2nc2nc3ccccc3c(Cl)c12.O=C1C2=C(Cc3ccccc31)Cc1ccccc1C2=O. The molecule has 0 spiro atoms. The second-order valence-corrected chi connectivity index (χ2v) is 21.6. The highest BCUT2D eigenvalue weighted by Crippen LogP contribution is 2.38. The van der Waals surface area contributed by atoms with Crippen LogP contribution in [0.5, 0.6) is 0 Å². The van der Waals surface area contributed by atoms with Crippen molar-refractivity contribution < 1.29 is 38.2 Å². The number of nitrogen functional groups attached to an aromatic ring is 1. The molecular weight excluding hydrogens is 1110 g/mol. The summed E-state index contributed by atoms with van der Waals surface area (Å²) in [5, 5.41) is 3.70. The number of ether oxygens (including phenoxy) is 2. The number of carbonyl (C=O) groups excluding carboxylic acids is 6. The third-order valence-electron chi connectivity index (χ3n) is 15.2. The lowest BCUT2D eigenvalue weighted by atomic mass is 9.75. The lowest BCUT2D eigenvalue weighted by Gasteiger charge is -2.26. The van der Waals surface area contributed by atoms with Gasteiger partial charge in [0, 0.05) is 45.1 Å². The van der Waals surface area contributed by atoms with Crippen molar-refractivity contribution in [2.24, 2.45) is 5.92 Å². The van der Waals surface area contributed by atoms with Crippen molar-refractivity contribution in [3.05, 3.63) is 288 Å². The number of carbonyl (C=O) groups is 6. The Bertz CT molecular complexity index is 4230. The highest BCUT2D eigenvalue weighted by atomic mass is 35.5. The first-order valence-corrected chi connectivity index (χ1v) is 28.4. The minimum Gasteiger partial charge on any atom is -0.465 e. The molecule has 85 heavy (non-hydrogen) atoms. The van der Waals surface area contributed by atoms with Gasteiger partial charge in [0.05, 0.1) is 57.4 Å². The average Bonchev–Trinajstić information content (AvgIpc) is 3.15. The summed E-state index contributed by atoms with van der Waals surface area (Å²) in [5.74, 6) is -0.103. The number of benzene rings is 8. The fourth-order valence-corrected chi connectivity index (χ4v) is 11.8. The van der Waals surface area contributed by atoms with Crippen LogP contribution >= 0.6 is 23.2 Å². The van der Waals surface area contributed by atoms with Gasteiger partial charge in [0.2, 0.25) is 0 Å². The van der Waals surface area contributed by atoms with E-state index in [9.17, 15) is 28.8 Å². The van der Waals surface area contributed by atoms with E-state index in [1.165, 1.54) is 19.8 Å². The molecule has 1 atom stereocenters. The maximum Gasteiger partial charge on any atom is 0.339 e. The van der Waals surface area contributed by atoms with Gasteiger partial charge in [-0.15, -0.1) is 0 Å². The van der Waals surface area contributed by atoms with Gasteiger partial charge in [-0.2, -0.15) is 0 Å². The van der Waals surface area contributed by atoms with Crippen molar-refractivity contribution in [3.8, 4) is 0 Å². The van der Waals surface area contributed by atoms with Gasteiger partial charge >= 0.3 is 11.9 Å². The van der Waals surface area contributed by atoms with Crippen LogP contribution in [0.15, 0.2) is 217 Å². The molecule has 0 amide bonds. The molecule has 0 radical (unpaired) electrons. The first-order valence-electron chi connectivity index (χ1n) is 27.6. The number of methoxy groups -OCH3 is 2. The number of rotatable bonds is 4. The molecule has 10 aromatic rings. The zero-order valence-corrected chi connectivity index (χ0v) is 48.4. The van der Waals surface area contributed by atoms with Crippen molar-refractivity contribution >= 4 is 96.8 Å². The molecule has 11 nitrogen and oxygen atoms in total. The van der Waals surface area contributed by atoms with E-state index in [-0.39, 0.29) is 23.3 Å². The Balaban J connectivity index is 0.000000121. The molecule has 0 aliphatic heterocycles. The fourth-order valence-electron chi connectivity index (χ4n) is 11.1. The van der Waals surface area contributed by atoms with Gasteiger partial charge in [-0.25, -0.2) is 19.6 Å². The number of nitrogens with zero attached hydrogens (tertiary/aromatic N) is 2. The van der Waals surface area contributed by atoms with Crippen LogP contribution in [0.2, 0.25) is 10.0 Å². The van der Waals surface area contributed by atoms with Crippen LogP contribution in [0, 0.1) is 5.92 Å². The van der Waals surface area contributed by atoms with Crippen LogP contribution in [0.4, 0.5) is 5.69 Å². The Labute approximate surface area is 501 Å². The minimum absolute atomic E-state index is 0.0346. The van der Waals surface area contributed by atoms with Crippen LogP contribution in [0.1, 0.15) is 103 Å². The Hall–Kier alpha value is -9.68.